The van der Waals surface area contributed by atoms with Crippen LogP contribution in [0.2, 0.25) is 0 Å². The molecule has 0 atom stereocenters. The van der Waals surface area contributed by atoms with Gasteiger partial charge in [0, 0.05) is 5.56 Å². The lowest BCUT2D eigenvalue weighted by Gasteiger charge is -2.05. The minimum atomic E-state index is -0.101. The van der Waals surface area contributed by atoms with E-state index >= 15 is 0 Å². The summed E-state index contributed by atoms with van der Waals surface area (Å²) in [7, 11) is 0. The molecular weight excluding hydrogens is 286 g/mol. The van der Waals surface area contributed by atoms with E-state index in [4.69, 9.17) is 0 Å². The minimum Gasteiger partial charge on any atom is -0.345 e. The van der Waals surface area contributed by atoms with Crippen LogP contribution in [0.3, 0.4) is 0 Å². The van der Waals surface area contributed by atoms with Crippen LogP contribution in [0, 0.1) is 0 Å². The maximum absolute atomic E-state index is 12.3. The molecule has 23 heavy (non-hydrogen) atoms. The summed E-state index contributed by atoms with van der Waals surface area (Å²) in [5, 5.41) is 5.09. The standard InChI is InChI=1S/C19H15N3O/c23-19(15-10-9-13-5-1-2-6-14(13)11-15)20-12-18-21-16-7-3-4-8-17(16)22-18/h1-11H,12H2,(H,20,23)(H,21,22). The molecular formula is C19H15N3O. The van der Waals surface area contributed by atoms with Gasteiger partial charge in [-0.1, -0.05) is 42.5 Å². The normalized spacial score (nSPS) is 11.0. The zero-order valence-corrected chi connectivity index (χ0v) is 12.4. The van der Waals surface area contributed by atoms with Crippen molar-refractivity contribution in [3.8, 4) is 0 Å². The Morgan fingerprint density at radius 3 is 2.61 bits per heavy atom. The Morgan fingerprint density at radius 1 is 0.957 bits per heavy atom. The van der Waals surface area contributed by atoms with Crippen molar-refractivity contribution in [2.45, 2.75) is 6.54 Å². The number of rotatable bonds is 3. The summed E-state index contributed by atoms with van der Waals surface area (Å²) in [6.45, 7) is 0.375. The smallest absolute Gasteiger partial charge is 0.251 e. The average molecular weight is 301 g/mol. The Labute approximate surface area is 133 Å². The first-order chi connectivity index (χ1) is 11.3. The summed E-state index contributed by atoms with van der Waals surface area (Å²) in [6.07, 6.45) is 0. The highest BCUT2D eigenvalue weighted by atomic mass is 16.1. The number of hydrogen-bond acceptors (Lipinski definition) is 2. The van der Waals surface area contributed by atoms with Crippen LogP contribution < -0.4 is 5.32 Å². The first-order valence-corrected chi connectivity index (χ1v) is 7.50. The van der Waals surface area contributed by atoms with Crippen LogP contribution in [-0.4, -0.2) is 15.9 Å². The van der Waals surface area contributed by atoms with Gasteiger partial charge in [-0.15, -0.1) is 0 Å². The number of fused-ring (bicyclic) bond motifs is 2. The van der Waals surface area contributed by atoms with Crippen molar-refractivity contribution < 1.29 is 4.79 Å². The Balaban J connectivity index is 1.52. The summed E-state index contributed by atoms with van der Waals surface area (Å²) >= 11 is 0. The summed E-state index contributed by atoms with van der Waals surface area (Å²) in [4.78, 5) is 20.0. The molecule has 4 rings (SSSR count). The Bertz CT molecular complexity index is 971. The van der Waals surface area contributed by atoms with E-state index in [1.54, 1.807) is 0 Å². The van der Waals surface area contributed by atoms with Gasteiger partial charge in [0.25, 0.3) is 5.91 Å². The van der Waals surface area contributed by atoms with E-state index in [0.717, 1.165) is 27.6 Å². The largest absolute Gasteiger partial charge is 0.345 e. The van der Waals surface area contributed by atoms with Gasteiger partial charge in [-0.2, -0.15) is 0 Å². The molecule has 1 heterocycles. The topological polar surface area (TPSA) is 57.8 Å². The summed E-state index contributed by atoms with van der Waals surface area (Å²) in [5.74, 6) is 0.650. The molecule has 0 saturated heterocycles. The number of carbonyl (C=O) groups is 1. The van der Waals surface area contributed by atoms with Crippen LogP contribution in [0.4, 0.5) is 0 Å². The molecule has 0 aliphatic heterocycles. The molecule has 4 heteroatoms. The second-order valence-corrected chi connectivity index (χ2v) is 5.45. The Morgan fingerprint density at radius 2 is 1.74 bits per heavy atom. The molecule has 0 spiro atoms. The molecule has 0 saturated carbocycles. The summed E-state index contributed by atoms with van der Waals surface area (Å²) in [6, 6.07) is 21.5. The number of para-hydroxylation sites is 2. The molecule has 0 unspecified atom stereocenters. The maximum Gasteiger partial charge on any atom is 0.251 e. The lowest BCUT2D eigenvalue weighted by molar-refractivity contribution is 0.0950. The molecule has 1 amide bonds. The number of aromatic nitrogens is 2. The third-order valence-electron chi connectivity index (χ3n) is 3.87. The van der Waals surface area contributed by atoms with Crippen molar-refractivity contribution in [1.82, 2.24) is 15.3 Å². The second kappa shape index (κ2) is 5.57. The maximum atomic E-state index is 12.3. The highest BCUT2D eigenvalue weighted by molar-refractivity contribution is 5.98. The van der Waals surface area contributed by atoms with E-state index in [1.807, 2.05) is 66.7 Å². The van der Waals surface area contributed by atoms with Crippen molar-refractivity contribution in [2.24, 2.45) is 0 Å². The molecule has 2 N–H and O–H groups in total. The number of carbonyl (C=O) groups excluding carboxylic acids is 1. The van der Waals surface area contributed by atoms with Gasteiger partial charge in [-0.25, -0.2) is 4.98 Å². The highest BCUT2D eigenvalue weighted by Crippen LogP contribution is 2.16. The predicted molar refractivity (Wildman–Crippen MR) is 91.2 cm³/mol. The number of aromatic amines is 1. The SMILES string of the molecule is O=C(NCc1nc2ccccc2[nH]1)c1ccc2ccccc2c1. The average Bonchev–Trinajstić information content (AvgIpc) is 3.02. The molecule has 1 aromatic heterocycles. The molecule has 4 aromatic rings. The molecule has 3 aromatic carbocycles. The Hall–Kier alpha value is -3.14. The zero-order valence-electron chi connectivity index (χ0n) is 12.4. The van der Waals surface area contributed by atoms with E-state index in [1.165, 1.54) is 0 Å². The van der Waals surface area contributed by atoms with E-state index in [2.05, 4.69) is 15.3 Å². The van der Waals surface area contributed by atoms with Gasteiger partial charge in [0.15, 0.2) is 0 Å². The van der Waals surface area contributed by atoms with Crippen molar-refractivity contribution in [3.05, 3.63) is 78.1 Å². The number of H-pyrrole nitrogens is 1. The second-order valence-electron chi connectivity index (χ2n) is 5.45. The Kier molecular flexibility index (Phi) is 3.27. The first-order valence-electron chi connectivity index (χ1n) is 7.50. The summed E-state index contributed by atoms with van der Waals surface area (Å²) < 4.78 is 0. The fourth-order valence-corrected chi connectivity index (χ4v) is 2.69. The molecule has 112 valence electrons. The van der Waals surface area contributed by atoms with Crippen molar-refractivity contribution >= 4 is 27.7 Å². The van der Waals surface area contributed by atoms with E-state index < -0.39 is 0 Å². The van der Waals surface area contributed by atoms with Crippen molar-refractivity contribution in [2.75, 3.05) is 0 Å². The molecule has 0 aliphatic carbocycles. The van der Waals surface area contributed by atoms with Crippen LogP contribution in [-0.2, 0) is 6.54 Å². The number of imidazole rings is 1. The fourth-order valence-electron chi connectivity index (χ4n) is 2.69. The van der Waals surface area contributed by atoms with E-state index in [-0.39, 0.29) is 5.91 Å². The van der Waals surface area contributed by atoms with E-state index in [9.17, 15) is 4.79 Å². The zero-order chi connectivity index (χ0) is 15.6. The van der Waals surface area contributed by atoms with Gasteiger partial charge < -0.3 is 10.3 Å². The fraction of sp³-hybridized carbons (Fsp3) is 0.0526. The van der Waals surface area contributed by atoms with Gasteiger partial charge in [-0.3, -0.25) is 4.79 Å². The van der Waals surface area contributed by atoms with Gasteiger partial charge in [0.05, 0.1) is 17.6 Å². The van der Waals surface area contributed by atoms with E-state index in [0.29, 0.717) is 12.1 Å². The lowest BCUT2D eigenvalue weighted by Crippen LogP contribution is -2.23. The molecule has 0 fully saturated rings. The highest BCUT2D eigenvalue weighted by Gasteiger charge is 2.08. The van der Waals surface area contributed by atoms with Crippen molar-refractivity contribution in [1.29, 1.82) is 0 Å². The van der Waals surface area contributed by atoms with Crippen molar-refractivity contribution in [3.63, 3.8) is 0 Å². The number of hydrogen-bond donors (Lipinski definition) is 2. The monoisotopic (exact) mass is 301 g/mol. The van der Waals surface area contributed by atoms with Crippen LogP contribution in [0.1, 0.15) is 16.2 Å². The first kappa shape index (κ1) is 13.5. The minimum absolute atomic E-state index is 0.101. The molecule has 4 nitrogen and oxygen atoms in total. The number of benzene rings is 3. The molecule has 0 aliphatic rings. The quantitative estimate of drug-likeness (QED) is 0.607. The third kappa shape index (κ3) is 2.66. The molecule has 0 bridgehead atoms. The van der Waals surface area contributed by atoms with Gasteiger partial charge in [0.1, 0.15) is 5.82 Å². The molecule has 0 radical (unpaired) electrons. The van der Waals surface area contributed by atoms with Crippen LogP contribution >= 0.6 is 0 Å². The van der Waals surface area contributed by atoms with Gasteiger partial charge >= 0.3 is 0 Å². The number of nitrogens with one attached hydrogen (secondary N) is 2. The van der Waals surface area contributed by atoms with Gasteiger partial charge in [0.2, 0.25) is 0 Å². The van der Waals surface area contributed by atoms with Crippen LogP contribution in [0.15, 0.2) is 66.7 Å². The third-order valence-corrected chi connectivity index (χ3v) is 3.87. The van der Waals surface area contributed by atoms with Gasteiger partial charge in [-0.05, 0) is 35.0 Å². The lowest BCUT2D eigenvalue weighted by atomic mass is 10.1. The van der Waals surface area contributed by atoms with Crippen LogP contribution in [0.25, 0.3) is 21.8 Å². The van der Waals surface area contributed by atoms with Crippen LogP contribution in [0.5, 0.6) is 0 Å². The number of nitrogens with zero attached hydrogens (tertiary/aromatic N) is 1. The summed E-state index contributed by atoms with van der Waals surface area (Å²) in [5.41, 5.74) is 2.53. The number of amides is 1. The predicted octanol–water partition coefficient (Wildman–Crippen LogP) is 3.65.